The maximum Gasteiger partial charge on any atom is 0.237 e. The summed E-state index contributed by atoms with van der Waals surface area (Å²) in [6.45, 7) is 5.16. The fourth-order valence-electron chi connectivity index (χ4n) is 3.64. The summed E-state index contributed by atoms with van der Waals surface area (Å²) in [5.41, 5.74) is 1.29. The fraction of sp³-hybridized carbons (Fsp3) is 0.381. The van der Waals surface area contributed by atoms with Crippen LogP contribution in [0.1, 0.15) is 31.4 Å². The quantitative estimate of drug-likeness (QED) is 0.938. The van der Waals surface area contributed by atoms with Crippen LogP contribution in [-0.2, 0) is 10.2 Å². The van der Waals surface area contributed by atoms with Crippen molar-refractivity contribution in [3.8, 4) is 0 Å². The Morgan fingerprint density at radius 2 is 1.58 bits per heavy atom. The molecule has 1 saturated heterocycles. The number of aliphatic hydroxyl groups is 1. The van der Waals surface area contributed by atoms with Crippen LogP contribution in [0, 0.1) is 5.92 Å². The number of hydrogen-bond donors (Lipinski definition) is 1. The first-order chi connectivity index (χ1) is 11.5. The molecule has 126 valence electrons. The summed E-state index contributed by atoms with van der Waals surface area (Å²) < 4.78 is 0. The molecule has 0 spiro atoms. The van der Waals surface area contributed by atoms with Gasteiger partial charge in [-0.05, 0) is 31.4 Å². The lowest BCUT2D eigenvalue weighted by Crippen LogP contribution is -2.45. The number of amides is 1. The van der Waals surface area contributed by atoms with Crippen LogP contribution in [0.3, 0.4) is 0 Å². The van der Waals surface area contributed by atoms with Crippen LogP contribution in [0.15, 0.2) is 60.7 Å². The van der Waals surface area contributed by atoms with E-state index in [0.29, 0.717) is 13.1 Å². The van der Waals surface area contributed by atoms with Gasteiger partial charge in [0.15, 0.2) is 0 Å². The number of rotatable bonds is 4. The third-order valence-corrected chi connectivity index (χ3v) is 5.32. The highest BCUT2D eigenvalue weighted by molar-refractivity contribution is 5.91. The van der Waals surface area contributed by atoms with Gasteiger partial charge in [0.05, 0.1) is 11.5 Å². The first kappa shape index (κ1) is 16.7. The van der Waals surface area contributed by atoms with E-state index in [0.717, 1.165) is 17.5 Å². The van der Waals surface area contributed by atoms with E-state index >= 15 is 0 Å². The van der Waals surface area contributed by atoms with Crippen molar-refractivity contribution in [3.05, 3.63) is 71.8 Å². The van der Waals surface area contributed by atoms with Crippen LogP contribution in [0.25, 0.3) is 0 Å². The van der Waals surface area contributed by atoms with Crippen LogP contribution in [0.5, 0.6) is 0 Å². The molecule has 1 heterocycles. The Morgan fingerprint density at radius 3 is 2.00 bits per heavy atom. The molecule has 1 aliphatic rings. The van der Waals surface area contributed by atoms with Gasteiger partial charge in [-0.1, -0.05) is 60.7 Å². The van der Waals surface area contributed by atoms with Gasteiger partial charge in [-0.3, -0.25) is 4.79 Å². The predicted molar refractivity (Wildman–Crippen MR) is 95.7 cm³/mol. The van der Waals surface area contributed by atoms with E-state index in [4.69, 9.17) is 0 Å². The Morgan fingerprint density at radius 1 is 1.08 bits per heavy atom. The van der Waals surface area contributed by atoms with Crippen LogP contribution in [0.4, 0.5) is 0 Å². The Balaban J connectivity index is 1.99. The highest BCUT2D eigenvalue weighted by Gasteiger charge is 2.42. The van der Waals surface area contributed by atoms with E-state index in [1.165, 1.54) is 0 Å². The molecular formula is C21H25NO2. The van der Waals surface area contributed by atoms with Crippen molar-refractivity contribution < 1.29 is 9.90 Å². The van der Waals surface area contributed by atoms with E-state index in [1.54, 1.807) is 0 Å². The lowest BCUT2D eigenvalue weighted by molar-refractivity contribution is -0.134. The molecule has 3 rings (SSSR count). The van der Waals surface area contributed by atoms with Crippen molar-refractivity contribution in [2.75, 3.05) is 13.1 Å². The van der Waals surface area contributed by atoms with E-state index in [2.05, 4.69) is 0 Å². The van der Waals surface area contributed by atoms with Gasteiger partial charge in [-0.2, -0.15) is 0 Å². The van der Waals surface area contributed by atoms with E-state index in [-0.39, 0.29) is 17.9 Å². The molecule has 2 atom stereocenters. The summed E-state index contributed by atoms with van der Waals surface area (Å²) in [6.07, 6.45) is 0.491. The molecule has 1 fully saturated rings. The van der Waals surface area contributed by atoms with Crippen LogP contribution < -0.4 is 0 Å². The molecule has 1 aliphatic heterocycles. The number of likely N-dealkylation sites (tertiary alicyclic amines) is 1. The molecule has 0 radical (unpaired) electrons. The molecular weight excluding hydrogens is 298 g/mol. The zero-order valence-corrected chi connectivity index (χ0v) is 14.4. The van der Waals surface area contributed by atoms with Gasteiger partial charge in [-0.25, -0.2) is 0 Å². The SMILES string of the molecule is CC(O)C1CCN(C(=O)C(C)(c2ccccc2)c2ccccc2)C1. The Hall–Kier alpha value is -2.13. The van der Waals surface area contributed by atoms with Gasteiger partial charge in [0.25, 0.3) is 0 Å². The van der Waals surface area contributed by atoms with E-state index in [9.17, 15) is 9.90 Å². The average Bonchev–Trinajstić information content (AvgIpc) is 3.12. The van der Waals surface area contributed by atoms with Crippen molar-refractivity contribution in [1.29, 1.82) is 0 Å². The van der Waals surface area contributed by atoms with Crippen molar-refractivity contribution in [2.45, 2.75) is 31.8 Å². The maximum atomic E-state index is 13.5. The minimum Gasteiger partial charge on any atom is -0.393 e. The molecule has 1 N–H and O–H groups in total. The van der Waals surface area contributed by atoms with Crippen LogP contribution >= 0.6 is 0 Å². The first-order valence-corrected chi connectivity index (χ1v) is 8.62. The van der Waals surface area contributed by atoms with Gasteiger partial charge < -0.3 is 10.0 Å². The molecule has 1 amide bonds. The van der Waals surface area contributed by atoms with Crippen LogP contribution in [0.2, 0.25) is 0 Å². The van der Waals surface area contributed by atoms with E-state index in [1.807, 2.05) is 79.4 Å². The van der Waals surface area contributed by atoms with Gasteiger partial charge in [0, 0.05) is 19.0 Å². The second-order valence-corrected chi connectivity index (χ2v) is 6.90. The second-order valence-electron chi connectivity index (χ2n) is 6.90. The smallest absolute Gasteiger partial charge is 0.237 e. The standard InChI is InChI=1S/C21H25NO2/c1-16(23)17-13-14-22(15-17)20(24)21(2,18-9-5-3-6-10-18)19-11-7-4-8-12-19/h3-12,16-17,23H,13-15H2,1-2H3. The molecule has 2 aromatic rings. The molecule has 0 aromatic heterocycles. The van der Waals surface area contributed by atoms with Gasteiger partial charge in [-0.15, -0.1) is 0 Å². The largest absolute Gasteiger partial charge is 0.393 e. The minimum atomic E-state index is -0.712. The molecule has 24 heavy (non-hydrogen) atoms. The Bertz CT molecular complexity index is 642. The Labute approximate surface area is 143 Å². The number of nitrogens with zero attached hydrogens (tertiary/aromatic N) is 1. The summed E-state index contributed by atoms with van der Waals surface area (Å²) >= 11 is 0. The van der Waals surface area contributed by atoms with Crippen LogP contribution in [-0.4, -0.2) is 35.1 Å². The topological polar surface area (TPSA) is 40.5 Å². The van der Waals surface area contributed by atoms with Crippen molar-refractivity contribution in [2.24, 2.45) is 5.92 Å². The molecule has 2 aromatic carbocycles. The Kier molecular flexibility index (Phi) is 4.72. The summed E-state index contributed by atoms with van der Waals surface area (Å²) in [5.74, 6) is 0.285. The summed E-state index contributed by atoms with van der Waals surface area (Å²) in [5, 5.41) is 9.85. The zero-order chi connectivity index (χ0) is 17.2. The zero-order valence-electron chi connectivity index (χ0n) is 14.4. The van der Waals surface area contributed by atoms with Gasteiger partial charge in [0.2, 0.25) is 5.91 Å². The number of benzene rings is 2. The lowest BCUT2D eigenvalue weighted by atomic mass is 9.75. The number of hydrogen-bond acceptors (Lipinski definition) is 2. The molecule has 3 heteroatoms. The average molecular weight is 323 g/mol. The maximum absolute atomic E-state index is 13.5. The molecule has 2 unspecified atom stereocenters. The number of carbonyl (C=O) groups excluding carboxylic acids is 1. The third-order valence-electron chi connectivity index (χ3n) is 5.32. The second kappa shape index (κ2) is 6.78. The highest BCUT2D eigenvalue weighted by atomic mass is 16.3. The number of aliphatic hydroxyl groups excluding tert-OH is 1. The molecule has 0 saturated carbocycles. The first-order valence-electron chi connectivity index (χ1n) is 8.62. The summed E-state index contributed by atoms with van der Waals surface area (Å²) in [6, 6.07) is 19.9. The normalized spacial score (nSPS) is 19.3. The summed E-state index contributed by atoms with van der Waals surface area (Å²) in [7, 11) is 0. The van der Waals surface area contributed by atoms with Gasteiger partial charge >= 0.3 is 0 Å². The third kappa shape index (κ3) is 2.96. The summed E-state index contributed by atoms with van der Waals surface area (Å²) in [4.78, 5) is 15.4. The van der Waals surface area contributed by atoms with Crippen molar-refractivity contribution in [1.82, 2.24) is 4.90 Å². The number of carbonyl (C=O) groups is 1. The predicted octanol–water partition coefficient (Wildman–Crippen LogP) is 3.22. The van der Waals surface area contributed by atoms with Gasteiger partial charge in [0.1, 0.15) is 0 Å². The fourth-order valence-corrected chi connectivity index (χ4v) is 3.64. The van der Waals surface area contributed by atoms with Crippen molar-refractivity contribution in [3.63, 3.8) is 0 Å². The lowest BCUT2D eigenvalue weighted by Gasteiger charge is -2.34. The highest BCUT2D eigenvalue weighted by Crippen LogP contribution is 2.35. The molecule has 0 aliphatic carbocycles. The minimum absolute atomic E-state index is 0.114. The molecule has 0 bridgehead atoms. The molecule has 3 nitrogen and oxygen atoms in total. The van der Waals surface area contributed by atoms with E-state index < -0.39 is 5.41 Å². The van der Waals surface area contributed by atoms with Crippen molar-refractivity contribution >= 4 is 5.91 Å². The monoisotopic (exact) mass is 323 g/mol.